The Morgan fingerprint density at radius 2 is 1.25 bits per heavy atom. The largest absolute Gasteiger partial charge is 0.493 e. The summed E-state index contributed by atoms with van der Waals surface area (Å²) in [6.07, 6.45) is 0. The standard InChI is InChI=1S/C18H23NO5/c1-20-14-7-6-13(10-15(14)21-2)19-11-12-8-16(22-3)18(24-5)17(9-12)23-4/h6-10,19H,11H2,1-5H3. The maximum Gasteiger partial charge on any atom is 0.203 e. The van der Waals surface area contributed by atoms with E-state index in [1.165, 1.54) is 0 Å². The van der Waals surface area contributed by atoms with Gasteiger partial charge in [0.1, 0.15) is 0 Å². The predicted molar refractivity (Wildman–Crippen MR) is 93.0 cm³/mol. The molecular formula is C18H23NO5. The minimum atomic E-state index is 0.579. The zero-order chi connectivity index (χ0) is 17.5. The minimum absolute atomic E-state index is 0.579. The maximum atomic E-state index is 5.37. The van der Waals surface area contributed by atoms with Crippen LogP contribution in [0.4, 0.5) is 5.69 Å². The average molecular weight is 333 g/mol. The molecule has 24 heavy (non-hydrogen) atoms. The summed E-state index contributed by atoms with van der Waals surface area (Å²) in [4.78, 5) is 0. The Balaban J connectivity index is 2.20. The van der Waals surface area contributed by atoms with Crippen molar-refractivity contribution in [2.24, 2.45) is 0 Å². The summed E-state index contributed by atoms with van der Waals surface area (Å²) in [5.74, 6) is 3.19. The van der Waals surface area contributed by atoms with E-state index in [9.17, 15) is 0 Å². The summed E-state index contributed by atoms with van der Waals surface area (Å²) in [7, 11) is 8.01. The molecule has 1 N–H and O–H groups in total. The number of hydrogen-bond donors (Lipinski definition) is 1. The van der Waals surface area contributed by atoms with Crippen molar-refractivity contribution >= 4 is 5.69 Å². The first kappa shape index (κ1) is 17.6. The molecule has 0 radical (unpaired) electrons. The monoisotopic (exact) mass is 333 g/mol. The van der Waals surface area contributed by atoms with Gasteiger partial charge in [0.25, 0.3) is 0 Å². The van der Waals surface area contributed by atoms with Crippen LogP contribution in [0.25, 0.3) is 0 Å². The van der Waals surface area contributed by atoms with E-state index in [4.69, 9.17) is 23.7 Å². The van der Waals surface area contributed by atoms with Gasteiger partial charge in [0, 0.05) is 18.3 Å². The molecule has 0 saturated carbocycles. The lowest BCUT2D eigenvalue weighted by Crippen LogP contribution is -2.02. The van der Waals surface area contributed by atoms with Crippen LogP contribution in [0.5, 0.6) is 28.7 Å². The van der Waals surface area contributed by atoms with Gasteiger partial charge in [-0.2, -0.15) is 0 Å². The molecule has 0 bridgehead atoms. The van der Waals surface area contributed by atoms with Gasteiger partial charge in [-0.25, -0.2) is 0 Å². The van der Waals surface area contributed by atoms with E-state index >= 15 is 0 Å². The lowest BCUT2D eigenvalue weighted by molar-refractivity contribution is 0.324. The van der Waals surface area contributed by atoms with Crippen LogP contribution < -0.4 is 29.0 Å². The Bertz CT molecular complexity index is 662. The zero-order valence-electron chi connectivity index (χ0n) is 14.6. The number of nitrogens with one attached hydrogen (secondary N) is 1. The van der Waals surface area contributed by atoms with E-state index in [1.54, 1.807) is 35.5 Å². The summed E-state index contributed by atoms with van der Waals surface area (Å²) in [6.45, 7) is 0.589. The van der Waals surface area contributed by atoms with E-state index in [1.807, 2.05) is 30.3 Å². The second-order valence-corrected chi connectivity index (χ2v) is 4.96. The molecule has 0 fully saturated rings. The van der Waals surface area contributed by atoms with Gasteiger partial charge in [0.2, 0.25) is 5.75 Å². The molecule has 0 spiro atoms. The molecule has 0 unspecified atom stereocenters. The number of methoxy groups -OCH3 is 5. The molecule has 6 heteroatoms. The molecule has 6 nitrogen and oxygen atoms in total. The maximum absolute atomic E-state index is 5.37. The second kappa shape index (κ2) is 8.19. The van der Waals surface area contributed by atoms with Crippen molar-refractivity contribution in [3.63, 3.8) is 0 Å². The van der Waals surface area contributed by atoms with Gasteiger partial charge in [-0.05, 0) is 29.8 Å². The molecule has 2 rings (SSSR count). The number of hydrogen-bond acceptors (Lipinski definition) is 6. The lowest BCUT2D eigenvalue weighted by atomic mass is 10.1. The fourth-order valence-corrected chi connectivity index (χ4v) is 2.39. The van der Waals surface area contributed by atoms with E-state index in [2.05, 4.69) is 5.32 Å². The molecule has 0 aromatic heterocycles. The Morgan fingerprint density at radius 3 is 1.75 bits per heavy atom. The van der Waals surface area contributed by atoms with Gasteiger partial charge < -0.3 is 29.0 Å². The zero-order valence-corrected chi connectivity index (χ0v) is 14.6. The van der Waals surface area contributed by atoms with Crippen LogP contribution in [0.3, 0.4) is 0 Å². The van der Waals surface area contributed by atoms with Gasteiger partial charge in [0.15, 0.2) is 23.0 Å². The summed E-state index contributed by atoms with van der Waals surface area (Å²) in [5, 5.41) is 3.34. The van der Waals surface area contributed by atoms with Crippen LogP contribution in [-0.2, 0) is 6.54 Å². The molecule has 130 valence electrons. The summed E-state index contributed by atoms with van der Waals surface area (Å²) in [5.41, 5.74) is 1.92. The third kappa shape index (κ3) is 3.76. The van der Waals surface area contributed by atoms with Gasteiger partial charge in [-0.15, -0.1) is 0 Å². The number of rotatable bonds is 8. The molecular weight excluding hydrogens is 310 g/mol. The smallest absolute Gasteiger partial charge is 0.203 e. The van der Waals surface area contributed by atoms with Crippen LogP contribution >= 0.6 is 0 Å². The first-order chi connectivity index (χ1) is 11.7. The fraction of sp³-hybridized carbons (Fsp3) is 0.333. The quantitative estimate of drug-likeness (QED) is 0.799. The number of ether oxygens (including phenoxy) is 5. The molecule has 0 aliphatic rings. The van der Waals surface area contributed by atoms with Crippen molar-refractivity contribution < 1.29 is 23.7 Å². The van der Waals surface area contributed by atoms with Crippen molar-refractivity contribution in [1.82, 2.24) is 0 Å². The highest BCUT2D eigenvalue weighted by Crippen LogP contribution is 2.38. The molecule has 0 heterocycles. The van der Waals surface area contributed by atoms with Gasteiger partial charge in [-0.3, -0.25) is 0 Å². The molecule has 2 aromatic rings. The third-order valence-corrected chi connectivity index (χ3v) is 3.60. The highest BCUT2D eigenvalue weighted by atomic mass is 16.5. The van der Waals surface area contributed by atoms with Gasteiger partial charge in [0.05, 0.1) is 35.5 Å². The molecule has 0 aliphatic carbocycles. The lowest BCUT2D eigenvalue weighted by Gasteiger charge is -2.15. The highest BCUT2D eigenvalue weighted by Gasteiger charge is 2.13. The topological polar surface area (TPSA) is 58.2 Å². The van der Waals surface area contributed by atoms with E-state index in [-0.39, 0.29) is 0 Å². The second-order valence-electron chi connectivity index (χ2n) is 4.96. The molecule has 0 amide bonds. The minimum Gasteiger partial charge on any atom is -0.493 e. The van der Waals surface area contributed by atoms with Crippen molar-refractivity contribution in [3.8, 4) is 28.7 Å². The molecule has 0 atom stereocenters. The summed E-state index contributed by atoms with van der Waals surface area (Å²) >= 11 is 0. The predicted octanol–water partition coefficient (Wildman–Crippen LogP) is 3.34. The number of anilines is 1. The fourth-order valence-electron chi connectivity index (χ4n) is 2.39. The third-order valence-electron chi connectivity index (χ3n) is 3.60. The van der Waals surface area contributed by atoms with E-state index < -0.39 is 0 Å². The highest BCUT2D eigenvalue weighted by molar-refractivity contribution is 5.57. The first-order valence-corrected chi connectivity index (χ1v) is 7.41. The SMILES string of the molecule is COc1ccc(NCc2cc(OC)c(OC)c(OC)c2)cc1OC. The van der Waals surface area contributed by atoms with Gasteiger partial charge >= 0.3 is 0 Å². The summed E-state index contributed by atoms with van der Waals surface area (Å²) < 4.78 is 26.6. The summed E-state index contributed by atoms with van der Waals surface area (Å²) in [6, 6.07) is 9.50. The Morgan fingerprint density at radius 1 is 0.667 bits per heavy atom. The molecule has 0 aliphatic heterocycles. The van der Waals surface area contributed by atoms with Crippen LogP contribution in [0.1, 0.15) is 5.56 Å². The van der Waals surface area contributed by atoms with Crippen LogP contribution in [0, 0.1) is 0 Å². The Kier molecular flexibility index (Phi) is 6.01. The van der Waals surface area contributed by atoms with Gasteiger partial charge in [-0.1, -0.05) is 0 Å². The Labute approximate surface area is 142 Å². The van der Waals surface area contributed by atoms with Crippen molar-refractivity contribution in [2.75, 3.05) is 40.9 Å². The van der Waals surface area contributed by atoms with E-state index in [0.717, 1.165) is 11.3 Å². The first-order valence-electron chi connectivity index (χ1n) is 7.41. The Hall–Kier alpha value is -2.76. The van der Waals surface area contributed by atoms with Crippen molar-refractivity contribution in [2.45, 2.75) is 6.54 Å². The number of benzene rings is 2. The molecule has 2 aromatic carbocycles. The normalized spacial score (nSPS) is 10.0. The van der Waals surface area contributed by atoms with Crippen LogP contribution in [0.15, 0.2) is 30.3 Å². The van der Waals surface area contributed by atoms with Crippen molar-refractivity contribution in [1.29, 1.82) is 0 Å². The van der Waals surface area contributed by atoms with Crippen LogP contribution in [-0.4, -0.2) is 35.5 Å². The van der Waals surface area contributed by atoms with Crippen LogP contribution in [0.2, 0.25) is 0 Å². The van der Waals surface area contributed by atoms with E-state index in [0.29, 0.717) is 35.3 Å². The average Bonchev–Trinajstić information content (AvgIpc) is 2.64. The van der Waals surface area contributed by atoms with Crippen molar-refractivity contribution in [3.05, 3.63) is 35.9 Å². The molecule has 0 saturated heterocycles.